The lowest BCUT2D eigenvalue weighted by Crippen LogP contribution is -2.33. The Bertz CT molecular complexity index is 852. The van der Waals surface area contributed by atoms with E-state index in [1.165, 1.54) is 26.6 Å². The maximum absolute atomic E-state index is 12.3. The molecule has 0 aromatic rings. The smallest absolute Gasteiger partial charge is 0.141 e. The highest BCUT2D eigenvalue weighted by Crippen LogP contribution is 2.36. The Morgan fingerprint density at radius 1 is 0.816 bits per heavy atom. The molecular weight excluding hydrogens is 565 g/mol. The highest BCUT2D eigenvalue weighted by Gasteiger charge is 2.35. The van der Waals surface area contributed by atoms with Gasteiger partial charge in [-0.15, -0.1) is 18.4 Å². The minimum Gasteiger partial charge on any atom is -0.299 e. The van der Waals surface area contributed by atoms with E-state index in [0.29, 0.717) is 23.4 Å². The van der Waals surface area contributed by atoms with Crippen molar-refractivity contribution in [2.45, 2.75) is 128 Å². The number of Topliss-reactive ketones (excluding diaryl/α,β-unsaturated/α-hetero) is 2. The number of unbranched alkanes of at least 4 members (excludes halogenated alkanes) is 2. The molecule has 0 unspecified atom stereocenters. The molecule has 7 heteroatoms. The van der Waals surface area contributed by atoms with Gasteiger partial charge in [-0.2, -0.15) is 0 Å². The molecule has 0 bridgehead atoms. The monoisotopic (exact) mass is 620 g/mol. The second kappa shape index (κ2) is 24.5. The van der Waals surface area contributed by atoms with Crippen molar-refractivity contribution in [1.82, 2.24) is 0 Å². The summed E-state index contributed by atoms with van der Waals surface area (Å²) in [5, 5.41) is 0. The van der Waals surface area contributed by atoms with Crippen LogP contribution >= 0.6 is 0 Å². The lowest BCUT2D eigenvalue weighted by molar-refractivity contribution is -0.133. The third kappa shape index (κ3) is 21.5. The van der Waals surface area contributed by atoms with Crippen LogP contribution in [0.4, 0.5) is 0 Å². The van der Waals surface area contributed by atoms with Crippen LogP contribution in [0, 0.1) is 46.3 Å². The largest absolute Gasteiger partial charge is 0.299 e. The normalized spacial score (nSPS) is 13.6. The van der Waals surface area contributed by atoms with Crippen LogP contribution in [0.5, 0.6) is 0 Å². The Hall–Kier alpha value is -0.260. The fourth-order valence-corrected chi connectivity index (χ4v) is 7.93. The molecule has 2 atom stereocenters. The molecule has 0 aliphatic rings. The Kier molecular flexibility index (Phi) is 27.2. The first-order valence-corrected chi connectivity index (χ1v) is 19.3. The summed E-state index contributed by atoms with van der Waals surface area (Å²) in [6.45, 7) is 26.7. The van der Waals surface area contributed by atoms with Gasteiger partial charge in [-0.3, -0.25) is 9.59 Å². The van der Waals surface area contributed by atoms with Gasteiger partial charge in [0.25, 0.3) is 0 Å². The van der Waals surface area contributed by atoms with Gasteiger partial charge in [0.2, 0.25) is 0 Å². The van der Waals surface area contributed by atoms with Crippen LogP contribution in [0.1, 0.15) is 128 Å². The van der Waals surface area contributed by atoms with E-state index in [4.69, 9.17) is 0 Å². The van der Waals surface area contributed by atoms with E-state index < -0.39 is 0 Å². The fraction of sp³-hybridized carbons (Fsp3) is 0.806. The molecule has 0 aliphatic heterocycles. The topological polar surface area (TPSA) is 34.1 Å². The van der Waals surface area contributed by atoms with Gasteiger partial charge in [-0.1, -0.05) is 75.3 Å². The van der Waals surface area contributed by atoms with E-state index in [-0.39, 0.29) is 22.7 Å². The molecule has 0 fully saturated rings. The lowest BCUT2D eigenvalue weighted by atomic mass is 9.71. The van der Waals surface area contributed by atoms with Crippen LogP contribution in [0.3, 0.4) is 0 Å². The third-order valence-corrected chi connectivity index (χ3v) is 10.8. The summed E-state index contributed by atoms with van der Waals surface area (Å²) in [4.78, 5) is 24.6. The zero-order chi connectivity index (χ0) is 30.4. The molecule has 0 N–H and O–H groups in total. The summed E-state index contributed by atoms with van der Waals surface area (Å²) in [5.74, 6) is 8.26. The van der Waals surface area contributed by atoms with E-state index in [1.807, 2.05) is 40.7 Å². The summed E-state index contributed by atoms with van der Waals surface area (Å²) in [7, 11) is 3.95. The number of hydrogen-bond donors (Lipinski definition) is 0. The molecule has 2 nitrogen and oxygen atoms in total. The van der Waals surface area contributed by atoms with E-state index >= 15 is 0 Å². The average molecular weight is 621 g/mol. The second-order valence-electron chi connectivity index (χ2n) is 12.0. The van der Waals surface area contributed by atoms with Crippen molar-refractivity contribution in [1.29, 1.82) is 0 Å². The third-order valence-electron chi connectivity index (χ3n) is 6.36. The van der Waals surface area contributed by atoms with Gasteiger partial charge in [0.1, 0.15) is 11.6 Å². The van der Waals surface area contributed by atoms with Gasteiger partial charge in [0, 0.05) is 78.1 Å². The van der Waals surface area contributed by atoms with E-state index in [2.05, 4.69) is 82.3 Å². The second-order valence-corrected chi connectivity index (χ2v) is 17.3. The molecule has 0 amide bonds. The van der Waals surface area contributed by atoms with Crippen molar-refractivity contribution >= 4 is 60.6 Å². The van der Waals surface area contributed by atoms with Crippen molar-refractivity contribution in [3.05, 3.63) is 12.7 Å². The quantitative estimate of drug-likeness (QED) is 0.104. The van der Waals surface area contributed by atoms with E-state index in [0.717, 1.165) is 51.4 Å². The lowest BCUT2D eigenvalue weighted by Gasteiger charge is -2.31. The molecule has 0 radical (unpaired) electrons. The summed E-state index contributed by atoms with van der Waals surface area (Å²) in [5.41, 5.74) is -0.289. The number of allylic oxidation sites excluding steroid dienone is 1. The number of ketones is 2. The fourth-order valence-electron chi connectivity index (χ4n) is 5.19. The standard InChI is InChI=1S/C16H28O.C15H28O.S5/c1-7-8-9-10-11-16(6,12-13(2)3)15(17)14(4)5;1-7-8-9-10-15(6,11-12(2)3)14(16)13(4)5;1-3-5-4-2/h13-14H,9-12H2,1-6H3;7,12-13H,1,8-11H2,2-6H3;/t16-;15-;/m11./s1. The zero-order valence-electron chi connectivity index (χ0n) is 26.1. The van der Waals surface area contributed by atoms with Gasteiger partial charge in [-0.05, 0) is 63.7 Å². The maximum atomic E-state index is 12.3. The van der Waals surface area contributed by atoms with Crippen LogP contribution in [-0.2, 0) is 58.6 Å². The number of hydrogen-bond acceptors (Lipinski definition) is 4. The molecule has 38 heavy (non-hydrogen) atoms. The van der Waals surface area contributed by atoms with Gasteiger partial charge in [-0.25, -0.2) is 0 Å². The highest BCUT2D eigenvalue weighted by atomic mass is 33.3. The average Bonchev–Trinajstić information content (AvgIpc) is 2.81. The van der Waals surface area contributed by atoms with Crippen LogP contribution in [0.25, 0.3) is 0 Å². The van der Waals surface area contributed by atoms with E-state index in [9.17, 15) is 9.59 Å². The van der Waals surface area contributed by atoms with Gasteiger partial charge in [0.15, 0.2) is 0 Å². The van der Waals surface area contributed by atoms with Crippen LogP contribution in [-0.4, -0.2) is 11.6 Å². The van der Waals surface area contributed by atoms with Crippen molar-refractivity contribution in [2.24, 2.45) is 34.5 Å². The molecular formula is C31H56O2S5. The minimum absolute atomic E-state index is 0.134. The summed E-state index contributed by atoms with van der Waals surface area (Å²) in [6, 6.07) is 0. The Balaban J connectivity index is -0.000000548. The van der Waals surface area contributed by atoms with E-state index in [1.54, 1.807) is 0 Å². The molecule has 0 spiro atoms. The Morgan fingerprint density at radius 2 is 1.21 bits per heavy atom. The van der Waals surface area contributed by atoms with Gasteiger partial charge < -0.3 is 0 Å². The van der Waals surface area contributed by atoms with Crippen LogP contribution in [0.15, 0.2) is 12.7 Å². The molecule has 0 aromatic carbocycles. The molecule has 0 aromatic heterocycles. The summed E-state index contributed by atoms with van der Waals surface area (Å²) < 4.78 is 0. The molecule has 0 saturated carbocycles. The van der Waals surface area contributed by atoms with Crippen molar-refractivity contribution in [2.75, 3.05) is 0 Å². The molecule has 0 heterocycles. The number of carbonyl (C=O) groups is 2. The molecule has 0 rings (SSSR count). The van der Waals surface area contributed by atoms with Crippen LogP contribution in [0.2, 0.25) is 0 Å². The maximum Gasteiger partial charge on any atom is 0.141 e. The first kappa shape index (κ1) is 42.2. The Morgan fingerprint density at radius 3 is 1.47 bits per heavy atom. The summed E-state index contributed by atoms with van der Waals surface area (Å²) >= 11 is 8.89. The first-order chi connectivity index (χ1) is 17.6. The zero-order valence-corrected chi connectivity index (χ0v) is 30.2. The van der Waals surface area contributed by atoms with Gasteiger partial charge >= 0.3 is 0 Å². The van der Waals surface area contributed by atoms with Crippen molar-refractivity contribution < 1.29 is 9.59 Å². The molecule has 222 valence electrons. The SMILES string of the molecule is C=CCCC[C@](C)(CC(C)C)C(=O)C(C)C.CC#CCCC[C@](C)(CC(C)C)C(=O)C(C)C.S=S=S=S=S. The predicted octanol–water partition coefficient (Wildman–Crippen LogP) is 9.07. The first-order valence-electron chi connectivity index (χ1n) is 13.9. The van der Waals surface area contributed by atoms with Crippen molar-refractivity contribution in [3.63, 3.8) is 0 Å². The summed E-state index contributed by atoms with van der Waals surface area (Å²) in [6.07, 6.45) is 9.92. The van der Waals surface area contributed by atoms with Crippen LogP contribution < -0.4 is 0 Å². The predicted molar refractivity (Wildman–Crippen MR) is 183 cm³/mol. The highest BCUT2D eigenvalue weighted by molar-refractivity contribution is 8.59. The molecule has 0 saturated heterocycles. The molecule has 0 aliphatic carbocycles. The number of carbonyl (C=O) groups excluding carboxylic acids is 2. The van der Waals surface area contributed by atoms with Gasteiger partial charge in [0.05, 0.1) is 0 Å². The minimum atomic E-state index is -0.155. The Labute approximate surface area is 255 Å². The number of rotatable bonds is 15. The van der Waals surface area contributed by atoms with Crippen molar-refractivity contribution in [3.8, 4) is 11.8 Å².